The third kappa shape index (κ3) is 3.45. The third-order valence-electron chi connectivity index (χ3n) is 1.68. The standard InChI is InChI=1S/C11H15FO/c1-11(2,3)7-8-4-9(12)6-10(13)5-8/h4-6,13H,7H2,1-3H3. The van der Waals surface area contributed by atoms with E-state index < -0.39 is 0 Å². The number of rotatable bonds is 1. The van der Waals surface area contributed by atoms with Crippen molar-refractivity contribution in [2.75, 3.05) is 0 Å². The lowest BCUT2D eigenvalue weighted by Crippen LogP contribution is -2.09. The number of aromatic hydroxyl groups is 1. The van der Waals surface area contributed by atoms with E-state index in [2.05, 4.69) is 20.8 Å². The molecule has 0 bridgehead atoms. The van der Waals surface area contributed by atoms with E-state index in [9.17, 15) is 4.39 Å². The van der Waals surface area contributed by atoms with Crippen LogP contribution in [0.3, 0.4) is 0 Å². The van der Waals surface area contributed by atoms with Crippen LogP contribution in [0.25, 0.3) is 0 Å². The zero-order chi connectivity index (χ0) is 10.1. The zero-order valence-corrected chi connectivity index (χ0v) is 8.26. The second-order valence-corrected chi connectivity index (χ2v) is 4.56. The number of phenolic OH excluding ortho intramolecular Hbond substituents is 1. The molecule has 0 heterocycles. The van der Waals surface area contributed by atoms with Crippen LogP contribution in [0.4, 0.5) is 4.39 Å². The van der Waals surface area contributed by atoms with Gasteiger partial charge in [0.05, 0.1) is 0 Å². The van der Waals surface area contributed by atoms with Crippen molar-refractivity contribution in [2.45, 2.75) is 27.2 Å². The lowest BCUT2D eigenvalue weighted by atomic mass is 9.88. The van der Waals surface area contributed by atoms with Gasteiger partial charge in [-0.15, -0.1) is 0 Å². The fourth-order valence-electron chi connectivity index (χ4n) is 1.35. The maximum Gasteiger partial charge on any atom is 0.127 e. The molecule has 0 aliphatic heterocycles. The molecule has 0 radical (unpaired) electrons. The molecule has 0 atom stereocenters. The van der Waals surface area contributed by atoms with E-state index in [0.717, 1.165) is 18.1 Å². The third-order valence-corrected chi connectivity index (χ3v) is 1.68. The molecule has 2 heteroatoms. The Morgan fingerprint density at radius 1 is 1.23 bits per heavy atom. The SMILES string of the molecule is CC(C)(C)Cc1cc(O)cc(F)c1. The van der Waals surface area contributed by atoms with E-state index in [1.807, 2.05) is 0 Å². The van der Waals surface area contributed by atoms with Crippen LogP contribution in [0, 0.1) is 11.2 Å². The Kier molecular flexibility index (Phi) is 2.60. The van der Waals surface area contributed by atoms with Gasteiger partial charge in [-0.2, -0.15) is 0 Å². The van der Waals surface area contributed by atoms with Crippen molar-refractivity contribution in [1.82, 2.24) is 0 Å². The molecule has 0 amide bonds. The van der Waals surface area contributed by atoms with Gasteiger partial charge in [0.1, 0.15) is 11.6 Å². The number of hydrogen-bond donors (Lipinski definition) is 1. The highest BCUT2D eigenvalue weighted by atomic mass is 19.1. The van der Waals surface area contributed by atoms with Crippen molar-refractivity contribution in [2.24, 2.45) is 5.41 Å². The molecule has 0 unspecified atom stereocenters. The molecular weight excluding hydrogens is 167 g/mol. The lowest BCUT2D eigenvalue weighted by Gasteiger charge is -2.18. The van der Waals surface area contributed by atoms with Crippen LogP contribution in [0.15, 0.2) is 18.2 Å². The molecule has 13 heavy (non-hydrogen) atoms. The van der Waals surface area contributed by atoms with Gasteiger partial charge < -0.3 is 5.11 Å². The molecule has 1 aromatic rings. The quantitative estimate of drug-likeness (QED) is 0.707. The van der Waals surface area contributed by atoms with E-state index in [-0.39, 0.29) is 17.0 Å². The monoisotopic (exact) mass is 182 g/mol. The van der Waals surface area contributed by atoms with Gasteiger partial charge >= 0.3 is 0 Å². The first kappa shape index (κ1) is 10.0. The Labute approximate surface area is 78.2 Å². The van der Waals surface area contributed by atoms with Gasteiger partial charge in [0.2, 0.25) is 0 Å². The minimum Gasteiger partial charge on any atom is -0.508 e. The van der Waals surface area contributed by atoms with Crippen LogP contribution >= 0.6 is 0 Å². The van der Waals surface area contributed by atoms with Gasteiger partial charge in [-0.1, -0.05) is 20.8 Å². The predicted molar refractivity (Wildman–Crippen MR) is 51.2 cm³/mol. The first-order chi connectivity index (χ1) is 5.87. The van der Waals surface area contributed by atoms with Crippen molar-refractivity contribution in [3.63, 3.8) is 0 Å². The Balaban J connectivity index is 2.90. The van der Waals surface area contributed by atoms with E-state index in [1.54, 1.807) is 6.07 Å². The Bertz CT molecular complexity index is 279. The summed E-state index contributed by atoms with van der Waals surface area (Å²) in [6.07, 6.45) is 0.762. The first-order valence-corrected chi connectivity index (χ1v) is 4.35. The normalized spacial score (nSPS) is 11.7. The van der Waals surface area contributed by atoms with Gasteiger partial charge in [0, 0.05) is 6.07 Å². The summed E-state index contributed by atoms with van der Waals surface area (Å²) in [6.45, 7) is 6.23. The van der Waals surface area contributed by atoms with Crippen LogP contribution in [-0.4, -0.2) is 5.11 Å². The summed E-state index contributed by atoms with van der Waals surface area (Å²) < 4.78 is 12.8. The minimum atomic E-state index is -0.376. The van der Waals surface area contributed by atoms with Crippen molar-refractivity contribution in [3.05, 3.63) is 29.6 Å². The van der Waals surface area contributed by atoms with Gasteiger partial charge in [-0.05, 0) is 29.5 Å². The molecule has 1 nitrogen and oxygen atoms in total. The van der Waals surface area contributed by atoms with E-state index >= 15 is 0 Å². The largest absolute Gasteiger partial charge is 0.508 e. The fourth-order valence-corrected chi connectivity index (χ4v) is 1.35. The van der Waals surface area contributed by atoms with Crippen LogP contribution in [0.1, 0.15) is 26.3 Å². The summed E-state index contributed by atoms with van der Waals surface area (Å²) in [5.41, 5.74) is 0.949. The van der Waals surface area contributed by atoms with Crippen molar-refractivity contribution >= 4 is 0 Å². The lowest BCUT2D eigenvalue weighted by molar-refractivity contribution is 0.407. The molecule has 0 saturated heterocycles. The molecule has 1 aromatic carbocycles. The molecule has 0 fully saturated rings. The molecule has 1 rings (SSSR count). The van der Waals surface area contributed by atoms with E-state index in [1.165, 1.54) is 6.07 Å². The van der Waals surface area contributed by atoms with E-state index in [0.29, 0.717) is 0 Å². The maximum atomic E-state index is 12.8. The zero-order valence-electron chi connectivity index (χ0n) is 8.26. The molecular formula is C11H15FO. The van der Waals surface area contributed by atoms with Crippen molar-refractivity contribution < 1.29 is 9.50 Å². The molecule has 72 valence electrons. The van der Waals surface area contributed by atoms with Crippen LogP contribution in [-0.2, 0) is 6.42 Å². The molecule has 0 aliphatic carbocycles. The van der Waals surface area contributed by atoms with Crippen LogP contribution in [0.2, 0.25) is 0 Å². The highest BCUT2D eigenvalue weighted by Gasteiger charge is 2.12. The summed E-state index contributed by atoms with van der Waals surface area (Å²) in [6, 6.07) is 4.19. The molecule has 0 aromatic heterocycles. The smallest absolute Gasteiger partial charge is 0.127 e. The maximum absolute atomic E-state index is 12.8. The van der Waals surface area contributed by atoms with Crippen molar-refractivity contribution in [1.29, 1.82) is 0 Å². The number of phenols is 1. The van der Waals surface area contributed by atoms with Gasteiger partial charge in [-0.25, -0.2) is 4.39 Å². The average Bonchev–Trinajstić information content (AvgIpc) is 1.78. The summed E-state index contributed by atoms with van der Waals surface area (Å²) in [4.78, 5) is 0. The highest BCUT2D eigenvalue weighted by molar-refractivity contribution is 5.28. The molecule has 0 saturated carbocycles. The summed E-state index contributed by atoms with van der Waals surface area (Å²) >= 11 is 0. The number of hydrogen-bond acceptors (Lipinski definition) is 1. The minimum absolute atomic E-state index is 0.000694. The summed E-state index contributed by atoms with van der Waals surface area (Å²) in [5, 5.41) is 9.15. The molecule has 1 N–H and O–H groups in total. The Morgan fingerprint density at radius 3 is 2.31 bits per heavy atom. The Morgan fingerprint density at radius 2 is 1.85 bits per heavy atom. The summed E-state index contributed by atoms with van der Waals surface area (Å²) in [5.74, 6) is -0.376. The molecule has 0 spiro atoms. The highest BCUT2D eigenvalue weighted by Crippen LogP contribution is 2.23. The topological polar surface area (TPSA) is 20.2 Å². The Hall–Kier alpha value is -1.05. The van der Waals surface area contributed by atoms with Gasteiger partial charge in [-0.3, -0.25) is 0 Å². The number of halogens is 1. The van der Waals surface area contributed by atoms with Crippen molar-refractivity contribution in [3.8, 4) is 5.75 Å². The summed E-state index contributed by atoms with van der Waals surface area (Å²) in [7, 11) is 0. The first-order valence-electron chi connectivity index (χ1n) is 4.35. The number of benzene rings is 1. The fraction of sp³-hybridized carbons (Fsp3) is 0.455. The van der Waals surface area contributed by atoms with E-state index in [4.69, 9.17) is 5.11 Å². The van der Waals surface area contributed by atoms with Gasteiger partial charge in [0.15, 0.2) is 0 Å². The second kappa shape index (κ2) is 3.36. The van der Waals surface area contributed by atoms with Gasteiger partial charge in [0.25, 0.3) is 0 Å². The second-order valence-electron chi connectivity index (χ2n) is 4.56. The predicted octanol–water partition coefficient (Wildman–Crippen LogP) is 3.12. The molecule has 0 aliphatic rings. The van der Waals surface area contributed by atoms with Crippen LogP contribution < -0.4 is 0 Å². The average molecular weight is 182 g/mol. The van der Waals surface area contributed by atoms with Crippen LogP contribution in [0.5, 0.6) is 5.75 Å².